The van der Waals surface area contributed by atoms with Gasteiger partial charge in [-0.25, -0.2) is 4.39 Å². The Morgan fingerprint density at radius 3 is 2.44 bits per heavy atom. The van der Waals surface area contributed by atoms with Crippen molar-refractivity contribution < 1.29 is 18.8 Å². The lowest BCUT2D eigenvalue weighted by molar-refractivity contribution is -0.147. The van der Waals surface area contributed by atoms with E-state index in [1.165, 1.54) is 17.2 Å². The maximum Gasteiger partial charge on any atom is 0.306 e. The predicted octanol–water partition coefficient (Wildman–Crippen LogP) is 6.01. The summed E-state index contributed by atoms with van der Waals surface area (Å²) in [6.07, 6.45) is 1.45. The Kier molecular flexibility index (Phi) is 5.45. The molecule has 1 aromatic heterocycles. The van der Waals surface area contributed by atoms with Gasteiger partial charge in [0, 0.05) is 30.3 Å². The van der Waals surface area contributed by atoms with Gasteiger partial charge >= 0.3 is 5.97 Å². The lowest BCUT2D eigenvalue weighted by Gasteiger charge is -2.39. The molecule has 1 N–H and O–H groups in total. The number of carbonyl (C=O) groups is 1. The predicted molar refractivity (Wildman–Crippen MR) is 133 cm³/mol. The lowest BCUT2D eigenvalue weighted by Crippen LogP contribution is -2.44. The molecule has 1 fully saturated rings. The quantitative estimate of drug-likeness (QED) is 0.375. The highest BCUT2D eigenvalue weighted by Gasteiger charge is 2.39. The van der Waals surface area contributed by atoms with E-state index in [1.807, 2.05) is 38.1 Å². The zero-order valence-electron chi connectivity index (χ0n) is 20.2. The molecular formula is C29H26FN3O3. The topological polar surface area (TPSA) is 79.5 Å². The molecule has 0 saturated heterocycles. The second kappa shape index (κ2) is 8.68. The standard InChI is InChI=1S/C29H26FN3O3/c1-16-8-21(9-17(2)26(16)18-4-3-5-24(30)11-18)28-31-27(32-36-28)19-6-7-20-14-33(15-23(20)10-19)25-12-22(13-25)29(34)35/h3-11,22,25H,12-15H2,1-2H3,(H,34,35). The summed E-state index contributed by atoms with van der Waals surface area (Å²) in [6.45, 7) is 5.66. The van der Waals surface area contributed by atoms with E-state index in [0.29, 0.717) is 17.8 Å². The first kappa shape index (κ1) is 22.6. The summed E-state index contributed by atoms with van der Waals surface area (Å²) < 4.78 is 19.4. The molecule has 0 unspecified atom stereocenters. The molecule has 0 atom stereocenters. The van der Waals surface area contributed by atoms with Crippen LogP contribution in [-0.4, -0.2) is 32.2 Å². The van der Waals surface area contributed by atoms with Crippen molar-refractivity contribution in [2.24, 2.45) is 5.92 Å². The summed E-state index contributed by atoms with van der Waals surface area (Å²) in [6, 6.07) is 17.2. The minimum Gasteiger partial charge on any atom is -0.481 e. The first-order valence-corrected chi connectivity index (χ1v) is 12.2. The fourth-order valence-electron chi connectivity index (χ4n) is 5.55. The molecule has 1 aliphatic heterocycles. The molecule has 2 heterocycles. The van der Waals surface area contributed by atoms with E-state index >= 15 is 0 Å². The van der Waals surface area contributed by atoms with E-state index in [2.05, 4.69) is 27.2 Å². The second-order valence-electron chi connectivity index (χ2n) is 9.97. The van der Waals surface area contributed by atoms with Crippen LogP contribution >= 0.6 is 0 Å². The van der Waals surface area contributed by atoms with Crippen molar-refractivity contribution in [2.45, 2.75) is 45.8 Å². The Morgan fingerprint density at radius 1 is 0.972 bits per heavy atom. The number of aromatic nitrogens is 2. The number of carboxylic acid groups (broad SMARTS) is 1. The third-order valence-electron chi connectivity index (χ3n) is 7.51. The van der Waals surface area contributed by atoms with E-state index in [4.69, 9.17) is 9.63 Å². The number of fused-ring (bicyclic) bond motifs is 1. The maximum absolute atomic E-state index is 13.8. The molecule has 6 nitrogen and oxygen atoms in total. The number of aryl methyl sites for hydroxylation is 2. The van der Waals surface area contributed by atoms with Crippen LogP contribution in [0.15, 0.2) is 59.1 Å². The van der Waals surface area contributed by atoms with Gasteiger partial charge in [0.2, 0.25) is 5.82 Å². The van der Waals surface area contributed by atoms with Gasteiger partial charge in [-0.05, 0) is 90.4 Å². The molecule has 6 rings (SSSR count). The number of carboxylic acids is 1. The number of rotatable bonds is 5. The zero-order chi connectivity index (χ0) is 25.0. The second-order valence-corrected chi connectivity index (χ2v) is 9.97. The van der Waals surface area contributed by atoms with Crippen molar-refractivity contribution in [1.82, 2.24) is 15.0 Å². The number of hydrogen-bond donors (Lipinski definition) is 1. The van der Waals surface area contributed by atoms with Crippen LogP contribution in [0.25, 0.3) is 34.0 Å². The van der Waals surface area contributed by atoms with E-state index in [9.17, 15) is 9.18 Å². The van der Waals surface area contributed by atoms with Crippen LogP contribution < -0.4 is 0 Å². The van der Waals surface area contributed by atoms with Crippen LogP contribution in [0.3, 0.4) is 0 Å². The number of halogens is 1. The minimum atomic E-state index is -0.688. The largest absolute Gasteiger partial charge is 0.481 e. The Balaban J connectivity index is 1.22. The molecule has 4 aromatic rings. The SMILES string of the molecule is Cc1cc(-c2nc(-c3ccc4c(c3)CN(C3CC(C(=O)O)C3)C4)no2)cc(C)c1-c1cccc(F)c1. The van der Waals surface area contributed by atoms with Crippen molar-refractivity contribution in [3.63, 3.8) is 0 Å². The van der Waals surface area contributed by atoms with E-state index in [0.717, 1.165) is 59.3 Å². The van der Waals surface area contributed by atoms with Crippen LogP contribution in [-0.2, 0) is 17.9 Å². The van der Waals surface area contributed by atoms with Crippen molar-refractivity contribution in [3.05, 3.63) is 82.7 Å². The van der Waals surface area contributed by atoms with E-state index < -0.39 is 5.97 Å². The Labute approximate surface area is 208 Å². The highest BCUT2D eigenvalue weighted by molar-refractivity contribution is 5.75. The van der Waals surface area contributed by atoms with Crippen LogP contribution in [0, 0.1) is 25.6 Å². The smallest absolute Gasteiger partial charge is 0.306 e. The average Bonchev–Trinajstić information content (AvgIpc) is 3.44. The van der Waals surface area contributed by atoms with Gasteiger partial charge in [-0.15, -0.1) is 0 Å². The Hall–Kier alpha value is -3.84. The van der Waals surface area contributed by atoms with Crippen molar-refractivity contribution in [3.8, 4) is 34.0 Å². The molecule has 36 heavy (non-hydrogen) atoms. The Bertz CT molecular complexity index is 1470. The molecule has 182 valence electrons. The maximum atomic E-state index is 13.8. The monoisotopic (exact) mass is 483 g/mol. The number of nitrogens with zero attached hydrogens (tertiary/aromatic N) is 3. The highest BCUT2D eigenvalue weighted by atomic mass is 19.1. The molecule has 0 amide bonds. The molecule has 0 radical (unpaired) electrons. The molecule has 3 aromatic carbocycles. The number of benzene rings is 3. The molecular weight excluding hydrogens is 457 g/mol. The van der Waals surface area contributed by atoms with Gasteiger partial charge in [-0.1, -0.05) is 29.4 Å². The third-order valence-corrected chi connectivity index (χ3v) is 7.51. The molecule has 0 spiro atoms. The van der Waals surface area contributed by atoms with E-state index in [1.54, 1.807) is 12.1 Å². The number of aliphatic carboxylic acids is 1. The zero-order valence-corrected chi connectivity index (χ0v) is 20.2. The molecule has 1 saturated carbocycles. The van der Waals surface area contributed by atoms with Crippen molar-refractivity contribution in [2.75, 3.05) is 0 Å². The molecule has 1 aliphatic carbocycles. The fraction of sp³-hybridized carbons (Fsp3) is 0.276. The van der Waals surface area contributed by atoms with Crippen molar-refractivity contribution in [1.29, 1.82) is 0 Å². The summed E-state index contributed by atoms with van der Waals surface area (Å²) >= 11 is 0. The summed E-state index contributed by atoms with van der Waals surface area (Å²) in [5, 5.41) is 13.4. The van der Waals surface area contributed by atoms with Crippen molar-refractivity contribution >= 4 is 5.97 Å². The van der Waals surface area contributed by atoms with Gasteiger partial charge in [-0.2, -0.15) is 4.98 Å². The van der Waals surface area contributed by atoms with Gasteiger partial charge in [-0.3, -0.25) is 9.69 Å². The molecule has 7 heteroatoms. The van der Waals surface area contributed by atoms with Gasteiger partial charge < -0.3 is 9.63 Å². The van der Waals surface area contributed by atoms with Gasteiger partial charge in [0.15, 0.2) is 0 Å². The lowest BCUT2D eigenvalue weighted by atomic mass is 9.79. The van der Waals surface area contributed by atoms with Gasteiger partial charge in [0.05, 0.1) is 5.92 Å². The molecule has 0 bridgehead atoms. The Morgan fingerprint density at radius 2 is 1.72 bits per heavy atom. The first-order chi connectivity index (χ1) is 17.4. The average molecular weight is 484 g/mol. The summed E-state index contributed by atoms with van der Waals surface area (Å²) in [7, 11) is 0. The normalized spacial score (nSPS) is 19.2. The minimum absolute atomic E-state index is 0.206. The van der Waals surface area contributed by atoms with Crippen LogP contribution in [0.5, 0.6) is 0 Å². The summed E-state index contributed by atoms with van der Waals surface area (Å²) in [5.74, 6) is -0.176. The van der Waals surface area contributed by atoms with E-state index in [-0.39, 0.29) is 11.7 Å². The highest BCUT2D eigenvalue weighted by Crippen LogP contribution is 2.38. The summed E-state index contributed by atoms with van der Waals surface area (Å²) in [5.41, 5.74) is 8.08. The first-order valence-electron chi connectivity index (χ1n) is 12.2. The summed E-state index contributed by atoms with van der Waals surface area (Å²) in [4.78, 5) is 18.2. The van der Waals surface area contributed by atoms with Gasteiger partial charge in [0.1, 0.15) is 5.82 Å². The van der Waals surface area contributed by atoms with Crippen LogP contribution in [0.1, 0.15) is 35.1 Å². The van der Waals surface area contributed by atoms with Gasteiger partial charge in [0.25, 0.3) is 5.89 Å². The third kappa shape index (κ3) is 3.99. The van der Waals surface area contributed by atoms with Crippen LogP contribution in [0.2, 0.25) is 0 Å². The molecule has 2 aliphatic rings. The van der Waals surface area contributed by atoms with Crippen LogP contribution in [0.4, 0.5) is 4.39 Å². The number of hydrogen-bond acceptors (Lipinski definition) is 5. The fourth-order valence-corrected chi connectivity index (χ4v) is 5.55.